The molecule has 0 aliphatic rings. The van der Waals surface area contributed by atoms with Gasteiger partial charge in [0.1, 0.15) is 5.82 Å². The predicted octanol–water partition coefficient (Wildman–Crippen LogP) is 2.76. The van der Waals surface area contributed by atoms with E-state index < -0.39 is 0 Å². The molecule has 0 saturated heterocycles. The topological polar surface area (TPSA) is 29.3 Å². The number of benzene rings is 1. The molecule has 3 heteroatoms. The maximum Gasteiger partial charge on any atom is 0.124 e. The first-order valence-corrected chi connectivity index (χ1v) is 6.58. The highest BCUT2D eigenvalue weighted by Gasteiger charge is 2.21. The maximum absolute atomic E-state index is 13.6. The van der Waals surface area contributed by atoms with Gasteiger partial charge < -0.3 is 5.73 Å². The van der Waals surface area contributed by atoms with Gasteiger partial charge in [-0.1, -0.05) is 18.8 Å². The predicted molar refractivity (Wildman–Crippen MR) is 78.2 cm³/mol. The Morgan fingerprint density at radius 3 is 2.58 bits per heavy atom. The first-order valence-electron chi connectivity index (χ1n) is 6.58. The molecule has 0 fully saturated rings. The van der Waals surface area contributed by atoms with Gasteiger partial charge in [-0.2, -0.15) is 0 Å². The highest BCUT2D eigenvalue weighted by Crippen LogP contribution is 2.20. The van der Waals surface area contributed by atoms with E-state index in [0.717, 1.165) is 12.0 Å². The van der Waals surface area contributed by atoms with Crippen LogP contribution in [0.5, 0.6) is 0 Å². The Morgan fingerprint density at radius 2 is 2.00 bits per heavy atom. The van der Waals surface area contributed by atoms with Crippen LogP contribution >= 0.6 is 0 Å². The fourth-order valence-electron chi connectivity index (χ4n) is 1.72. The summed E-state index contributed by atoms with van der Waals surface area (Å²) in [6.45, 7) is 7.51. The van der Waals surface area contributed by atoms with Crippen molar-refractivity contribution in [2.45, 2.75) is 39.3 Å². The third kappa shape index (κ3) is 4.66. The summed E-state index contributed by atoms with van der Waals surface area (Å²) < 4.78 is 13.6. The lowest BCUT2D eigenvalue weighted by Crippen LogP contribution is -2.39. The third-order valence-electron chi connectivity index (χ3n) is 3.61. The zero-order valence-corrected chi connectivity index (χ0v) is 12.3. The summed E-state index contributed by atoms with van der Waals surface area (Å²) in [5.41, 5.74) is 7.04. The molecular formula is C16H23FN2. The Hall–Kier alpha value is -1.37. The van der Waals surface area contributed by atoms with Crippen LogP contribution < -0.4 is 5.73 Å². The Labute approximate surface area is 115 Å². The second kappa shape index (κ2) is 6.70. The van der Waals surface area contributed by atoms with E-state index in [1.54, 1.807) is 6.07 Å². The molecule has 1 aromatic carbocycles. The van der Waals surface area contributed by atoms with Crippen LogP contribution in [0.1, 0.15) is 38.3 Å². The molecule has 1 rings (SSSR count). The molecule has 0 aliphatic carbocycles. The molecule has 0 aromatic heterocycles. The fraction of sp³-hybridized carbons (Fsp3) is 0.500. The zero-order chi connectivity index (χ0) is 14.5. The summed E-state index contributed by atoms with van der Waals surface area (Å²) in [5, 5.41) is 0. The smallest absolute Gasteiger partial charge is 0.124 e. The van der Waals surface area contributed by atoms with Crippen LogP contribution in [-0.4, -0.2) is 24.0 Å². The van der Waals surface area contributed by atoms with E-state index in [0.29, 0.717) is 12.1 Å². The van der Waals surface area contributed by atoms with Crippen molar-refractivity contribution in [3.05, 3.63) is 35.1 Å². The molecular weight excluding hydrogens is 239 g/mol. The summed E-state index contributed by atoms with van der Waals surface area (Å²) in [4.78, 5) is 2.22. The number of nitrogens with zero attached hydrogens (tertiary/aromatic N) is 1. The lowest BCUT2D eigenvalue weighted by molar-refractivity contribution is 0.143. The van der Waals surface area contributed by atoms with Crippen LogP contribution in [0, 0.1) is 17.7 Å². The molecule has 0 radical (unpaired) electrons. The molecule has 0 spiro atoms. The van der Waals surface area contributed by atoms with E-state index in [4.69, 9.17) is 5.73 Å². The van der Waals surface area contributed by atoms with E-state index in [2.05, 4.69) is 44.6 Å². The average molecular weight is 262 g/mol. The molecule has 2 nitrogen and oxygen atoms in total. The van der Waals surface area contributed by atoms with Crippen molar-refractivity contribution >= 4 is 0 Å². The Morgan fingerprint density at radius 1 is 1.32 bits per heavy atom. The van der Waals surface area contributed by atoms with Crippen LogP contribution in [0.2, 0.25) is 0 Å². The SMILES string of the molecule is CCC(C)(C)N(C)Cc1cc(F)cc(C#CCN)c1. The molecule has 104 valence electrons. The largest absolute Gasteiger partial charge is 0.320 e. The van der Waals surface area contributed by atoms with Crippen molar-refractivity contribution in [1.29, 1.82) is 0 Å². The summed E-state index contributed by atoms with van der Waals surface area (Å²) in [5.74, 6) is 5.38. The summed E-state index contributed by atoms with van der Waals surface area (Å²) in [6, 6.07) is 4.93. The Balaban J connectivity index is 2.93. The van der Waals surface area contributed by atoms with Gasteiger partial charge in [-0.25, -0.2) is 4.39 Å². The number of rotatable bonds is 4. The number of halogens is 1. The first kappa shape index (κ1) is 15.7. The lowest BCUT2D eigenvalue weighted by Gasteiger charge is -2.34. The van der Waals surface area contributed by atoms with Crippen LogP contribution in [0.4, 0.5) is 4.39 Å². The monoisotopic (exact) mass is 262 g/mol. The number of hydrogen-bond acceptors (Lipinski definition) is 2. The van der Waals surface area contributed by atoms with E-state index in [9.17, 15) is 4.39 Å². The van der Waals surface area contributed by atoms with Gasteiger partial charge in [0.2, 0.25) is 0 Å². The van der Waals surface area contributed by atoms with Gasteiger partial charge in [0.05, 0.1) is 6.54 Å². The third-order valence-corrected chi connectivity index (χ3v) is 3.61. The molecule has 0 atom stereocenters. The molecule has 0 bridgehead atoms. The average Bonchev–Trinajstić information content (AvgIpc) is 2.35. The molecule has 0 aliphatic heterocycles. The van der Waals surface area contributed by atoms with Gasteiger partial charge in [-0.05, 0) is 51.1 Å². The standard InChI is InChI=1S/C16H23FN2/c1-5-16(2,3)19(4)12-14-9-13(7-6-8-18)10-15(17)11-14/h9-11H,5,8,12,18H2,1-4H3. The Bertz CT molecular complexity index is 483. The van der Waals surface area contributed by atoms with Crippen LogP contribution in [-0.2, 0) is 6.54 Å². The molecule has 0 saturated carbocycles. The Kier molecular flexibility index (Phi) is 5.53. The highest BCUT2D eigenvalue weighted by atomic mass is 19.1. The van der Waals surface area contributed by atoms with Gasteiger partial charge in [0, 0.05) is 17.6 Å². The van der Waals surface area contributed by atoms with Crippen LogP contribution in [0.3, 0.4) is 0 Å². The zero-order valence-electron chi connectivity index (χ0n) is 12.3. The van der Waals surface area contributed by atoms with Crippen LogP contribution in [0.15, 0.2) is 18.2 Å². The highest BCUT2D eigenvalue weighted by molar-refractivity contribution is 5.38. The minimum absolute atomic E-state index is 0.0927. The van der Waals surface area contributed by atoms with Crippen molar-refractivity contribution in [1.82, 2.24) is 4.90 Å². The van der Waals surface area contributed by atoms with Gasteiger partial charge in [0.15, 0.2) is 0 Å². The van der Waals surface area contributed by atoms with Gasteiger partial charge >= 0.3 is 0 Å². The molecule has 19 heavy (non-hydrogen) atoms. The van der Waals surface area contributed by atoms with Gasteiger partial charge in [0.25, 0.3) is 0 Å². The van der Waals surface area contributed by atoms with E-state index >= 15 is 0 Å². The first-order chi connectivity index (χ1) is 8.89. The molecule has 0 heterocycles. The second-order valence-electron chi connectivity index (χ2n) is 5.38. The number of hydrogen-bond donors (Lipinski definition) is 1. The van der Waals surface area contributed by atoms with Crippen LogP contribution in [0.25, 0.3) is 0 Å². The quantitative estimate of drug-likeness (QED) is 0.845. The molecule has 2 N–H and O–H groups in total. The molecule has 0 amide bonds. The van der Waals surface area contributed by atoms with Crippen molar-refractivity contribution < 1.29 is 4.39 Å². The van der Waals surface area contributed by atoms with Crippen molar-refractivity contribution in [2.75, 3.05) is 13.6 Å². The van der Waals surface area contributed by atoms with Crippen molar-refractivity contribution in [3.8, 4) is 11.8 Å². The second-order valence-corrected chi connectivity index (χ2v) is 5.38. The number of nitrogens with two attached hydrogens (primary N) is 1. The summed E-state index contributed by atoms with van der Waals surface area (Å²) in [6.07, 6.45) is 1.04. The maximum atomic E-state index is 13.6. The van der Waals surface area contributed by atoms with Gasteiger partial charge in [-0.15, -0.1) is 0 Å². The fourth-order valence-corrected chi connectivity index (χ4v) is 1.72. The van der Waals surface area contributed by atoms with Crippen molar-refractivity contribution in [2.24, 2.45) is 5.73 Å². The van der Waals surface area contributed by atoms with Gasteiger partial charge in [-0.3, -0.25) is 4.90 Å². The normalized spacial score (nSPS) is 11.3. The summed E-state index contributed by atoms with van der Waals surface area (Å²) >= 11 is 0. The van der Waals surface area contributed by atoms with E-state index in [1.165, 1.54) is 6.07 Å². The molecule has 1 aromatic rings. The minimum Gasteiger partial charge on any atom is -0.320 e. The van der Waals surface area contributed by atoms with Crippen molar-refractivity contribution in [3.63, 3.8) is 0 Å². The van der Waals surface area contributed by atoms with E-state index in [-0.39, 0.29) is 17.9 Å². The molecule has 0 unspecified atom stereocenters. The minimum atomic E-state index is -0.249. The summed E-state index contributed by atoms with van der Waals surface area (Å²) in [7, 11) is 2.06. The van der Waals surface area contributed by atoms with E-state index in [1.807, 2.05) is 6.07 Å². The lowest BCUT2D eigenvalue weighted by atomic mass is 9.99.